The SMILES string of the molecule is C/C=C/C(NC(C)(C)C)C(=O)C(C)(C)C.CCCC(NC(C)(C)C)C(=O)C(C)(C)C.CCOC(=O)C(NC(C)(C)C)C(=O)C(C)(C)C.CNN=CC(NC(C)(C)C)C(=O)C(C)(C)C.CON=CC(NC(C)(C)C)C(=O)C(C)(C)C. The van der Waals surface area contributed by atoms with E-state index in [0.29, 0.717) is 5.78 Å². The first-order valence-corrected chi connectivity index (χ1v) is 28.5. The van der Waals surface area contributed by atoms with Crippen LogP contribution in [0.4, 0.5) is 0 Å². The van der Waals surface area contributed by atoms with Crippen LogP contribution in [0.15, 0.2) is 22.4 Å². The molecular weight excluding hydrogens is 997 g/mol. The number of esters is 1. The number of carbonyl (C=O) groups excluding carboxylic acids is 6. The molecular formula is C63H126N8O8. The van der Waals surface area contributed by atoms with Gasteiger partial charge in [-0.15, -0.1) is 0 Å². The average Bonchev–Trinajstić information content (AvgIpc) is 3.21. The third-order valence-corrected chi connectivity index (χ3v) is 10.2. The van der Waals surface area contributed by atoms with Crippen LogP contribution in [0, 0.1) is 27.1 Å². The van der Waals surface area contributed by atoms with Crippen LogP contribution in [-0.4, -0.2) is 126 Å². The lowest BCUT2D eigenvalue weighted by Crippen LogP contribution is -2.55. The van der Waals surface area contributed by atoms with Crippen LogP contribution in [0.2, 0.25) is 0 Å². The fraction of sp³-hybridized carbons (Fsp3) is 0.841. The lowest BCUT2D eigenvalue weighted by molar-refractivity contribution is -0.151. The monoisotopic (exact) mass is 1120 g/mol. The molecule has 16 nitrogen and oxygen atoms in total. The molecule has 0 spiro atoms. The maximum absolute atomic E-state index is 12.2. The second kappa shape index (κ2) is 35.3. The van der Waals surface area contributed by atoms with Crippen LogP contribution < -0.4 is 32.0 Å². The molecule has 0 aliphatic rings. The van der Waals surface area contributed by atoms with Gasteiger partial charge >= 0.3 is 5.97 Å². The molecule has 16 heteroatoms. The van der Waals surface area contributed by atoms with Gasteiger partial charge in [-0.1, -0.05) is 135 Å². The topological polar surface area (TPSA) is 218 Å². The van der Waals surface area contributed by atoms with Crippen molar-refractivity contribution in [3.63, 3.8) is 0 Å². The van der Waals surface area contributed by atoms with E-state index in [1.165, 1.54) is 13.3 Å². The van der Waals surface area contributed by atoms with Gasteiger partial charge in [0.1, 0.15) is 19.2 Å². The molecule has 0 heterocycles. The molecule has 0 aromatic rings. The summed E-state index contributed by atoms with van der Waals surface area (Å²) >= 11 is 0. The number of allylic oxidation sites excluding steroid dienone is 1. The molecule has 0 saturated carbocycles. The summed E-state index contributed by atoms with van der Waals surface area (Å²) in [4.78, 5) is 77.2. The molecule has 0 aromatic heterocycles. The summed E-state index contributed by atoms with van der Waals surface area (Å²) in [6.07, 6.45) is 8.95. The van der Waals surface area contributed by atoms with E-state index in [4.69, 9.17) is 4.74 Å². The average molecular weight is 1120 g/mol. The Morgan fingerprint density at radius 1 is 0.443 bits per heavy atom. The number of hydrogen-bond acceptors (Lipinski definition) is 16. The summed E-state index contributed by atoms with van der Waals surface area (Å²) < 4.78 is 4.94. The van der Waals surface area contributed by atoms with Crippen molar-refractivity contribution in [2.45, 2.75) is 299 Å². The zero-order valence-electron chi connectivity index (χ0n) is 57.5. The maximum atomic E-state index is 12.2. The Balaban J connectivity index is -0.000000289. The van der Waals surface area contributed by atoms with E-state index in [-0.39, 0.29) is 91.8 Å². The lowest BCUT2D eigenvalue weighted by Gasteiger charge is -2.31. The van der Waals surface area contributed by atoms with E-state index in [1.54, 1.807) is 41.0 Å². The zero-order valence-corrected chi connectivity index (χ0v) is 57.5. The lowest BCUT2D eigenvalue weighted by atomic mass is 9.84. The Morgan fingerprint density at radius 2 is 0.759 bits per heavy atom. The van der Waals surface area contributed by atoms with Crippen LogP contribution in [0.25, 0.3) is 0 Å². The third kappa shape index (κ3) is 45.6. The predicted octanol–water partition coefficient (Wildman–Crippen LogP) is 11.6. The molecule has 0 radical (unpaired) electrons. The highest BCUT2D eigenvalue weighted by Gasteiger charge is 2.38. The molecule has 0 bridgehead atoms. The minimum absolute atomic E-state index is 0.000741. The summed E-state index contributed by atoms with van der Waals surface area (Å²) in [7, 11) is 3.18. The number of hydrogen-bond donors (Lipinski definition) is 6. The molecule has 466 valence electrons. The van der Waals surface area contributed by atoms with Crippen molar-refractivity contribution < 1.29 is 38.3 Å². The Morgan fingerprint density at radius 3 is 1.03 bits per heavy atom. The Kier molecular flexibility index (Phi) is 37.6. The number of carbonyl (C=O) groups is 6. The van der Waals surface area contributed by atoms with E-state index < -0.39 is 28.9 Å². The van der Waals surface area contributed by atoms with Crippen molar-refractivity contribution >= 4 is 47.3 Å². The first-order chi connectivity index (χ1) is 34.8. The minimum Gasteiger partial charge on any atom is -0.464 e. The largest absolute Gasteiger partial charge is 0.464 e. The van der Waals surface area contributed by atoms with Crippen LogP contribution in [0.3, 0.4) is 0 Å². The summed E-state index contributed by atoms with van der Waals surface area (Å²) in [6, 6.07) is -1.85. The van der Waals surface area contributed by atoms with E-state index in [1.807, 2.05) is 164 Å². The number of nitrogens with zero attached hydrogens (tertiary/aromatic N) is 2. The third-order valence-electron chi connectivity index (χ3n) is 10.2. The highest BCUT2D eigenvalue weighted by Crippen LogP contribution is 2.23. The number of ether oxygens (including phenoxy) is 1. The molecule has 5 atom stereocenters. The molecule has 6 N–H and O–H groups in total. The van der Waals surface area contributed by atoms with E-state index in [2.05, 4.69) is 95.6 Å². The Bertz CT molecular complexity index is 1830. The number of rotatable bonds is 19. The number of nitrogens with one attached hydrogen (secondary N) is 6. The zero-order chi connectivity index (χ0) is 64.4. The van der Waals surface area contributed by atoms with Gasteiger partial charge in [0.05, 0.1) is 24.9 Å². The molecule has 0 saturated heterocycles. The number of hydrazone groups is 1. The van der Waals surface area contributed by atoms with Crippen molar-refractivity contribution in [1.82, 2.24) is 32.0 Å². The van der Waals surface area contributed by atoms with E-state index in [9.17, 15) is 28.8 Å². The fourth-order valence-corrected chi connectivity index (χ4v) is 6.73. The smallest absolute Gasteiger partial charge is 0.330 e. The summed E-state index contributed by atoms with van der Waals surface area (Å²) in [6.45, 7) is 65.1. The highest BCUT2D eigenvalue weighted by atomic mass is 16.6. The van der Waals surface area contributed by atoms with E-state index >= 15 is 0 Å². The molecule has 5 unspecified atom stereocenters. The van der Waals surface area contributed by atoms with Gasteiger partial charge in [0, 0.05) is 68.0 Å². The molecule has 0 aliphatic heterocycles. The van der Waals surface area contributed by atoms with Gasteiger partial charge in [0.2, 0.25) is 0 Å². The summed E-state index contributed by atoms with van der Waals surface area (Å²) in [5.74, 6) is 0.146. The standard InChI is InChI=1S/C13H25NO3.C13H27NO.C13H25NO.C12H25N3O.C12H24N2O2/c1-8-17-11(16)9(14-13(5,6)7)10(15)12(2,3)4;2*1-8-9-10(14-13(5,6)7)11(15)12(2,3)4;1-11(2,3)10(16)9(8-14-13-7)15-12(4,5)6;1-11(2,3)10(15)9(8-13-16-7)14-12(4,5)6/h9,14H,8H2,1-7H3;10,14H,8-9H2,1-7H3;8-10,14H,1-7H3;8-9,13,15H,1-7H3;8-9,14H,1-7H3/b;;9-8+;;. The van der Waals surface area contributed by atoms with E-state index in [0.717, 1.165) is 12.8 Å². The normalized spacial score (nSPS) is 15.1. The maximum Gasteiger partial charge on any atom is 0.330 e. The molecule has 79 heavy (non-hydrogen) atoms. The predicted molar refractivity (Wildman–Crippen MR) is 335 cm³/mol. The van der Waals surface area contributed by atoms with Crippen molar-refractivity contribution in [1.29, 1.82) is 0 Å². The van der Waals surface area contributed by atoms with Gasteiger partial charge in [-0.2, -0.15) is 5.10 Å². The molecule has 0 amide bonds. The Hall–Kier alpha value is -3.70. The van der Waals surface area contributed by atoms with Crippen LogP contribution in [0.5, 0.6) is 0 Å². The van der Waals surface area contributed by atoms with Gasteiger partial charge in [0.15, 0.2) is 35.0 Å². The highest BCUT2D eigenvalue weighted by molar-refractivity contribution is 6.05. The first kappa shape index (κ1) is 84.1. The minimum atomic E-state index is -0.894. The fourth-order valence-electron chi connectivity index (χ4n) is 6.73. The summed E-state index contributed by atoms with van der Waals surface area (Å²) in [5.41, 5.74) is 0.128. The molecule has 0 aliphatic carbocycles. The number of ketones is 5. The number of oxime groups is 1. The van der Waals surface area contributed by atoms with Gasteiger partial charge in [0.25, 0.3) is 0 Å². The molecule has 0 aromatic carbocycles. The van der Waals surface area contributed by atoms with Gasteiger partial charge in [-0.05, 0) is 124 Å². The van der Waals surface area contributed by atoms with Gasteiger partial charge in [-0.3, -0.25) is 45.2 Å². The second-order valence-corrected chi connectivity index (χ2v) is 30.5. The van der Waals surface area contributed by atoms with Crippen LogP contribution in [-0.2, 0) is 38.3 Å². The second-order valence-electron chi connectivity index (χ2n) is 30.5. The van der Waals surface area contributed by atoms with Crippen molar-refractivity contribution in [3.8, 4) is 0 Å². The van der Waals surface area contributed by atoms with Crippen molar-refractivity contribution in [2.24, 2.45) is 37.3 Å². The van der Waals surface area contributed by atoms with Crippen LogP contribution in [0.1, 0.15) is 241 Å². The van der Waals surface area contributed by atoms with Gasteiger partial charge in [-0.25, -0.2) is 4.79 Å². The van der Waals surface area contributed by atoms with Crippen LogP contribution >= 0.6 is 0 Å². The van der Waals surface area contributed by atoms with Crippen molar-refractivity contribution in [3.05, 3.63) is 12.2 Å². The molecule has 0 rings (SSSR count). The number of Topliss-reactive ketones (excluding diaryl/α,β-unsaturated/α-hetero) is 5. The summed E-state index contributed by atoms with van der Waals surface area (Å²) in [5, 5.41) is 23.9. The Labute approximate surface area is 485 Å². The first-order valence-electron chi connectivity index (χ1n) is 28.5. The quantitative estimate of drug-likeness (QED) is 0.0233. The van der Waals surface area contributed by atoms with Crippen molar-refractivity contribution in [2.75, 3.05) is 20.8 Å². The van der Waals surface area contributed by atoms with Gasteiger partial charge < -0.3 is 20.3 Å². The molecule has 0 fully saturated rings.